The van der Waals surface area contributed by atoms with Crippen molar-refractivity contribution in [1.82, 2.24) is 10.3 Å². The lowest BCUT2D eigenvalue weighted by Gasteiger charge is -2.15. The third kappa shape index (κ3) is 3.78. The van der Waals surface area contributed by atoms with E-state index in [1.165, 1.54) is 5.56 Å². The smallest absolute Gasteiger partial charge is 0.217 e. The number of nitrogens with one attached hydrogen (secondary N) is 1. The van der Waals surface area contributed by atoms with E-state index in [4.69, 9.17) is 4.74 Å². The van der Waals surface area contributed by atoms with Crippen LogP contribution in [0.15, 0.2) is 47.1 Å². The fraction of sp³-hybridized carbons (Fsp3) is 0.267. The molecule has 0 unspecified atom stereocenters. The molecule has 100 valence electrons. The van der Waals surface area contributed by atoms with Crippen LogP contribution in [-0.4, -0.2) is 12.1 Å². The number of aromatic nitrogens is 1. The van der Waals surface area contributed by atoms with Gasteiger partial charge in [0.25, 0.3) is 0 Å². The molecule has 1 aromatic heterocycles. The Bertz CT molecular complexity index is 545. The zero-order valence-electron chi connectivity index (χ0n) is 11.1. The molecule has 19 heavy (non-hydrogen) atoms. The van der Waals surface area contributed by atoms with Gasteiger partial charge >= 0.3 is 0 Å². The van der Waals surface area contributed by atoms with Crippen LogP contribution in [0.1, 0.15) is 24.1 Å². The van der Waals surface area contributed by atoms with Crippen molar-refractivity contribution in [1.29, 1.82) is 0 Å². The Hall–Kier alpha value is -1.39. The topological polar surface area (TPSA) is 34.1 Å². The zero-order valence-corrected chi connectivity index (χ0v) is 12.6. The van der Waals surface area contributed by atoms with Crippen LogP contribution in [0.25, 0.3) is 0 Å². The Morgan fingerprint density at radius 2 is 2.16 bits per heavy atom. The highest BCUT2D eigenvalue weighted by molar-refractivity contribution is 9.10. The van der Waals surface area contributed by atoms with Crippen molar-refractivity contribution in [2.24, 2.45) is 0 Å². The highest BCUT2D eigenvalue weighted by atomic mass is 79.9. The molecule has 0 radical (unpaired) electrons. The molecule has 0 aliphatic rings. The number of methoxy groups -OCH3 is 1. The fourth-order valence-corrected chi connectivity index (χ4v) is 2.32. The minimum Gasteiger partial charge on any atom is -0.481 e. The van der Waals surface area contributed by atoms with Gasteiger partial charge in [-0.3, -0.25) is 0 Å². The molecular weight excluding hydrogens is 304 g/mol. The van der Waals surface area contributed by atoms with Crippen molar-refractivity contribution >= 4 is 15.9 Å². The van der Waals surface area contributed by atoms with Crippen LogP contribution < -0.4 is 10.1 Å². The van der Waals surface area contributed by atoms with Gasteiger partial charge in [-0.15, -0.1) is 0 Å². The molecule has 1 atom stereocenters. The van der Waals surface area contributed by atoms with Crippen LogP contribution in [0, 0.1) is 0 Å². The van der Waals surface area contributed by atoms with E-state index in [0.29, 0.717) is 5.88 Å². The number of pyridine rings is 1. The maximum absolute atomic E-state index is 5.24. The lowest BCUT2D eigenvalue weighted by molar-refractivity contribution is 0.389. The summed E-state index contributed by atoms with van der Waals surface area (Å²) in [6, 6.07) is 12.5. The zero-order chi connectivity index (χ0) is 13.7. The normalized spacial score (nSPS) is 12.2. The molecule has 1 heterocycles. The predicted octanol–water partition coefficient (Wildman–Crippen LogP) is 3.70. The summed E-state index contributed by atoms with van der Waals surface area (Å²) in [6.45, 7) is 2.87. The standard InChI is InChI=1S/C15H17BrN2O/c1-11(12-5-3-7-14(16)9-12)18-10-13-6-4-8-17-15(13)19-2/h3-9,11,18H,10H2,1-2H3/t11-/m0/s1. The highest BCUT2D eigenvalue weighted by Crippen LogP contribution is 2.19. The molecule has 0 bridgehead atoms. The Labute approximate surface area is 122 Å². The molecule has 0 fully saturated rings. The Balaban J connectivity index is 2.02. The minimum absolute atomic E-state index is 0.266. The number of nitrogens with zero attached hydrogens (tertiary/aromatic N) is 1. The quantitative estimate of drug-likeness (QED) is 0.912. The largest absolute Gasteiger partial charge is 0.481 e. The van der Waals surface area contributed by atoms with Gasteiger partial charge in [-0.25, -0.2) is 4.98 Å². The Morgan fingerprint density at radius 1 is 1.32 bits per heavy atom. The van der Waals surface area contributed by atoms with E-state index < -0.39 is 0 Å². The van der Waals surface area contributed by atoms with Crippen molar-refractivity contribution in [2.45, 2.75) is 19.5 Å². The van der Waals surface area contributed by atoms with E-state index >= 15 is 0 Å². The second-order valence-electron chi connectivity index (χ2n) is 4.33. The first kappa shape index (κ1) is 14.0. The summed E-state index contributed by atoms with van der Waals surface area (Å²) in [6.07, 6.45) is 1.74. The molecular formula is C15H17BrN2O. The number of hydrogen-bond donors (Lipinski definition) is 1. The van der Waals surface area contributed by atoms with Crippen molar-refractivity contribution in [2.75, 3.05) is 7.11 Å². The molecule has 1 aromatic carbocycles. The maximum atomic E-state index is 5.24. The number of halogens is 1. The highest BCUT2D eigenvalue weighted by Gasteiger charge is 2.08. The van der Waals surface area contributed by atoms with E-state index in [-0.39, 0.29) is 6.04 Å². The lowest BCUT2D eigenvalue weighted by Crippen LogP contribution is -2.18. The fourth-order valence-electron chi connectivity index (χ4n) is 1.90. The monoisotopic (exact) mass is 320 g/mol. The molecule has 4 heteroatoms. The van der Waals surface area contributed by atoms with Crippen LogP contribution in [0.2, 0.25) is 0 Å². The van der Waals surface area contributed by atoms with Gasteiger partial charge in [0.05, 0.1) is 7.11 Å². The summed E-state index contributed by atoms with van der Waals surface area (Å²) in [5.74, 6) is 0.677. The van der Waals surface area contributed by atoms with Gasteiger partial charge in [-0.1, -0.05) is 34.1 Å². The average molecular weight is 321 g/mol. The van der Waals surface area contributed by atoms with Crippen LogP contribution in [0.4, 0.5) is 0 Å². The van der Waals surface area contributed by atoms with Crippen LogP contribution in [0.3, 0.4) is 0 Å². The van der Waals surface area contributed by atoms with Gasteiger partial charge in [-0.2, -0.15) is 0 Å². The van der Waals surface area contributed by atoms with E-state index in [9.17, 15) is 0 Å². The summed E-state index contributed by atoms with van der Waals surface area (Å²) in [5.41, 5.74) is 2.31. The van der Waals surface area contributed by atoms with Gasteiger partial charge in [0.15, 0.2) is 0 Å². The van der Waals surface area contributed by atoms with Gasteiger partial charge in [0.1, 0.15) is 0 Å². The van der Waals surface area contributed by atoms with Crippen molar-refractivity contribution in [3.63, 3.8) is 0 Å². The van der Waals surface area contributed by atoms with Crippen molar-refractivity contribution in [3.05, 3.63) is 58.2 Å². The van der Waals surface area contributed by atoms with Crippen LogP contribution >= 0.6 is 15.9 Å². The molecule has 0 saturated carbocycles. The van der Waals surface area contributed by atoms with Crippen molar-refractivity contribution < 1.29 is 4.74 Å². The van der Waals surface area contributed by atoms with Gasteiger partial charge in [0, 0.05) is 28.8 Å². The van der Waals surface area contributed by atoms with E-state index in [2.05, 4.69) is 45.3 Å². The second kappa shape index (κ2) is 6.68. The summed E-state index contributed by atoms with van der Waals surface area (Å²) < 4.78 is 6.34. The summed E-state index contributed by atoms with van der Waals surface area (Å²) in [4.78, 5) is 4.19. The van der Waals surface area contributed by atoms with Gasteiger partial charge in [0.2, 0.25) is 5.88 Å². The number of benzene rings is 1. The molecule has 2 aromatic rings. The third-order valence-corrected chi connectivity index (χ3v) is 3.48. The Kier molecular flexibility index (Phi) is 4.93. The molecule has 0 aliphatic carbocycles. The third-order valence-electron chi connectivity index (χ3n) is 2.99. The molecule has 0 amide bonds. The number of rotatable bonds is 5. The van der Waals surface area contributed by atoms with Gasteiger partial charge in [-0.05, 0) is 30.7 Å². The first-order valence-corrected chi connectivity index (χ1v) is 6.96. The van der Waals surface area contributed by atoms with E-state index in [0.717, 1.165) is 16.6 Å². The van der Waals surface area contributed by atoms with E-state index in [1.807, 2.05) is 24.3 Å². The second-order valence-corrected chi connectivity index (χ2v) is 5.25. The SMILES string of the molecule is COc1ncccc1CN[C@@H](C)c1cccc(Br)c1. The molecule has 3 nitrogen and oxygen atoms in total. The van der Waals surface area contributed by atoms with Crippen molar-refractivity contribution in [3.8, 4) is 5.88 Å². The first-order chi connectivity index (χ1) is 9.20. The molecule has 0 aliphatic heterocycles. The average Bonchev–Trinajstić information content (AvgIpc) is 2.45. The molecule has 2 rings (SSSR count). The minimum atomic E-state index is 0.266. The molecule has 1 N–H and O–H groups in total. The summed E-state index contributed by atoms with van der Waals surface area (Å²) in [5, 5.41) is 3.48. The Morgan fingerprint density at radius 3 is 2.89 bits per heavy atom. The van der Waals surface area contributed by atoms with E-state index in [1.54, 1.807) is 13.3 Å². The summed E-state index contributed by atoms with van der Waals surface area (Å²) in [7, 11) is 1.64. The maximum Gasteiger partial charge on any atom is 0.217 e. The molecule has 0 saturated heterocycles. The predicted molar refractivity (Wildman–Crippen MR) is 80.2 cm³/mol. The first-order valence-electron chi connectivity index (χ1n) is 6.17. The van der Waals surface area contributed by atoms with Crippen LogP contribution in [-0.2, 0) is 6.54 Å². The van der Waals surface area contributed by atoms with Gasteiger partial charge < -0.3 is 10.1 Å². The number of hydrogen-bond acceptors (Lipinski definition) is 3. The number of ether oxygens (including phenoxy) is 1. The molecule has 0 spiro atoms. The summed E-state index contributed by atoms with van der Waals surface area (Å²) >= 11 is 3.49. The van der Waals surface area contributed by atoms with Crippen LogP contribution in [0.5, 0.6) is 5.88 Å². The lowest BCUT2D eigenvalue weighted by atomic mass is 10.1.